The highest BCUT2D eigenvalue weighted by Crippen LogP contribution is 2.28. The van der Waals surface area contributed by atoms with E-state index in [1.54, 1.807) is 0 Å². The van der Waals surface area contributed by atoms with Crippen LogP contribution in [0.2, 0.25) is 0 Å². The molecule has 0 saturated carbocycles. The topological polar surface area (TPSA) is 77.6 Å². The predicted molar refractivity (Wildman–Crippen MR) is 63.6 cm³/mol. The fourth-order valence-electron chi connectivity index (χ4n) is 1.55. The number of hydrogen-bond donors (Lipinski definition) is 0. The second kappa shape index (κ2) is 4.93. The molecule has 0 aromatic carbocycles. The van der Waals surface area contributed by atoms with Gasteiger partial charge in [-0.3, -0.25) is 9.97 Å². The van der Waals surface area contributed by atoms with Crippen molar-refractivity contribution in [2.24, 2.45) is 0 Å². The minimum Gasteiger partial charge on any atom is -0.333 e. The molecule has 3 rings (SSSR count). The Balaban J connectivity index is 1.90. The van der Waals surface area contributed by atoms with Crippen LogP contribution >= 0.6 is 0 Å². The molecule has 6 nitrogen and oxygen atoms in total. The summed E-state index contributed by atoms with van der Waals surface area (Å²) in [5.41, 5.74) is -0.307. The van der Waals surface area contributed by atoms with Gasteiger partial charge in [-0.25, -0.2) is 4.98 Å². The van der Waals surface area contributed by atoms with E-state index in [9.17, 15) is 13.2 Å². The maximum Gasteiger partial charge on any atom is 0.433 e. The van der Waals surface area contributed by atoms with Gasteiger partial charge in [0.1, 0.15) is 11.4 Å². The Bertz CT molecular complexity index is 740. The van der Waals surface area contributed by atoms with Crippen molar-refractivity contribution in [3.8, 4) is 23.0 Å². The van der Waals surface area contributed by atoms with Gasteiger partial charge in [-0.1, -0.05) is 5.16 Å². The minimum absolute atomic E-state index is 0.0527. The first-order chi connectivity index (χ1) is 10.0. The molecule has 0 bridgehead atoms. The van der Waals surface area contributed by atoms with Gasteiger partial charge in [0.2, 0.25) is 5.82 Å². The van der Waals surface area contributed by atoms with Gasteiger partial charge >= 0.3 is 6.18 Å². The molecular formula is C12H6F3N5O. The summed E-state index contributed by atoms with van der Waals surface area (Å²) in [7, 11) is 0. The molecule has 0 aliphatic heterocycles. The first-order valence-electron chi connectivity index (χ1n) is 5.68. The minimum atomic E-state index is -4.49. The summed E-state index contributed by atoms with van der Waals surface area (Å²) in [6.07, 6.45) is 0.934. The summed E-state index contributed by atoms with van der Waals surface area (Å²) < 4.78 is 42.2. The Kier molecular flexibility index (Phi) is 3.09. The molecule has 3 heterocycles. The molecule has 0 amide bonds. The highest BCUT2D eigenvalue weighted by molar-refractivity contribution is 5.55. The van der Waals surface area contributed by atoms with E-state index in [1.807, 2.05) is 0 Å². The molecule has 3 aromatic heterocycles. The van der Waals surface area contributed by atoms with E-state index in [-0.39, 0.29) is 17.3 Å². The maximum absolute atomic E-state index is 12.4. The summed E-state index contributed by atoms with van der Waals surface area (Å²) in [5.74, 6) is 0.245. The van der Waals surface area contributed by atoms with Crippen LogP contribution in [-0.4, -0.2) is 25.1 Å². The molecule has 3 aromatic rings. The van der Waals surface area contributed by atoms with Crippen molar-refractivity contribution in [2.45, 2.75) is 6.18 Å². The summed E-state index contributed by atoms with van der Waals surface area (Å²) in [5, 5.41) is 3.70. The van der Waals surface area contributed by atoms with E-state index in [0.717, 1.165) is 12.3 Å². The highest BCUT2D eigenvalue weighted by atomic mass is 19.4. The first-order valence-corrected chi connectivity index (χ1v) is 5.68. The van der Waals surface area contributed by atoms with Gasteiger partial charge in [-0.2, -0.15) is 18.2 Å². The average Bonchev–Trinajstić information content (AvgIpc) is 2.97. The fraction of sp³-hybridized carbons (Fsp3) is 0.0833. The third kappa shape index (κ3) is 2.71. The van der Waals surface area contributed by atoms with Crippen LogP contribution in [0.1, 0.15) is 5.69 Å². The largest absolute Gasteiger partial charge is 0.433 e. The maximum atomic E-state index is 12.4. The third-order valence-corrected chi connectivity index (χ3v) is 2.52. The fourth-order valence-corrected chi connectivity index (χ4v) is 1.55. The number of pyridine rings is 1. The van der Waals surface area contributed by atoms with Crippen LogP contribution < -0.4 is 0 Å². The van der Waals surface area contributed by atoms with Gasteiger partial charge in [0.15, 0.2) is 0 Å². The molecule has 0 atom stereocenters. The lowest BCUT2D eigenvalue weighted by atomic mass is 10.2. The highest BCUT2D eigenvalue weighted by Gasteiger charge is 2.32. The number of nitrogens with zero attached hydrogens (tertiary/aromatic N) is 5. The molecule has 0 saturated heterocycles. The SMILES string of the molecule is FC(F)(F)c1ccc(-c2nc(-c3cnccn3)no2)cn1. The van der Waals surface area contributed by atoms with Crippen LogP contribution in [0.25, 0.3) is 23.0 Å². The Morgan fingerprint density at radius 3 is 2.48 bits per heavy atom. The summed E-state index contributed by atoms with van der Waals surface area (Å²) in [6.45, 7) is 0. The van der Waals surface area contributed by atoms with Gasteiger partial charge in [0, 0.05) is 18.6 Å². The van der Waals surface area contributed by atoms with Crippen LogP contribution in [0.3, 0.4) is 0 Å². The van der Waals surface area contributed by atoms with Crippen LogP contribution in [0.15, 0.2) is 41.4 Å². The molecule has 21 heavy (non-hydrogen) atoms. The van der Waals surface area contributed by atoms with Crippen molar-refractivity contribution >= 4 is 0 Å². The van der Waals surface area contributed by atoms with Crippen LogP contribution in [0.5, 0.6) is 0 Å². The van der Waals surface area contributed by atoms with Crippen LogP contribution in [0.4, 0.5) is 13.2 Å². The van der Waals surface area contributed by atoms with E-state index in [2.05, 4.69) is 25.1 Å². The Morgan fingerprint density at radius 1 is 1.00 bits per heavy atom. The quantitative estimate of drug-likeness (QED) is 0.722. The normalized spacial score (nSPS) is 11.6. The number of halogens is 3. The zero-order valence-corrected chi connectivity index (χ0v) is 10.2. The molecule has 9 heteroatoms. The van der Waals surface area contributed by atoms with E-state index in [1.165, 1.54) is 24.7 Å². The summed E-state index contributed by atoms with van der Waals surface area (Å²) >= 11 is 0. The molecule has 0 aliphatic rings. The monoisotopic (exact) mass is 293 g/mol. The van der Waals surface area contributed by atoms with Crippen molar-refractivity contribution in [1.29, 1.82) is 0 Å². The lowest BCUT2D eigenvalue weighted by Gasteiger charge is -2.04. The molecule has 0 unspecified atom stereocenters. The van der Waals surface area contributed by atoms with E-state index in [4.69, 9.17) is 4.52 Å². The number of alkyl halides is 3. The Morgan fingerprint density at radius 2 is 1.86 bits per heavy atom. The second-order valence-corrected chi connectivity index (χ2v) is 3.94. The zero-order chi connectivity index (χ0) is 14.9. The standard InChI is InChI=1S/C12H6F3N5O/c13-12(14,15)9-2-1-7(5-18-9)11-19-10(20-21-11)8-6-16-3-4-17-8/h1-6H. The Hall–Kier alpha value is -2.84. The van der Waals surface area contributed by atoms with Crippen molar-refractivity contribution in [2.75, 3.05) is 0 Å². The molecule has 0 aliphatic carbocycles. The molecule has 0 radical (unpaired) electrons. The lowest BCUT2D eigenvalue weighted by Crippen LogP contribution is -2.07. The first kappa shape index (κ1) is 13.2. The van der Waals surface area contributed by atoms with E-state index in [0.29, 0.717) is 5.69 Å². The van der Waals surface area contributed by atoms with Crippen LogP contribution in [-0.2, 0) is 6.18 Å². The predicted octanol–water partition coefficient (Wildman–Crippen LogP) is 2.61. The van der Waals surface area contributed by atoms with E-state index >= 15 is 0 Å². The Labute approximate surface area is 115 Å². The molecule has 0 spiro atoms. The third-order valence-electron chi connectivity index (χ3n) is 2.52. The van der Waals surface area contributed by atoms with Crippen molar-refractivity contribution < 1.29 is 17.7 Å². The smallest absolute Gasteiger partial charge is 0.333 e. The zero-order valence-electron chi connectivity index (χ0n) is 10.2. The number of rotatable bonds is 2. The van der Waals surface area contributed by atoms with Crippen molar-refractivity contribution in [1.82, 2.24) is 25.1 Å². The number of aromatic nitrogens is 5. The molecular weight excluding hydrogens is 287 g/mol. The van der Waals surface area contributed by atoms with Gasteiger partial charge in [0.05, 0.1) is 11.8 Å². The van der Waals surface area contributed by atoms with E-state index < -0.39 is 11.9 Å². The second-order valence-electron chi connectivity index (χ2n) is 3.94. The van der Waals surface area contributed by atoms with Gasteiger partial charge in [0.25, 0.3) is 5.89 Å². The molecule has 0 fully saturated rings. The van der Waals surface area contributed by atoms with Crippen molar-refractivity contribution in [3.63, 3.8) is 0 Å². The summed E-state index contributed by atoms with van der Waals surface area (Å²) in [4.78, 5) is 15.2. The molecule has 0 N–H and O–H groups in total. The van der Waals surface area contributed by atoms with Gasteiger partial charge in [-0.05, 0) is 12.1 Å². The van der Waals surface area contributed by atoms with Crippen molar-refractivity contribution in [3.05, 3.63) is 42.6 Å². The summed E-state index contributed by atoms with van der Waals surface area (Å²) in [6, 6.07) is 2.06. The van der Waals surface area contributed by atoms with Gasteiger partial charge in [-0.15, -0.1) is 0 Å². The molecule has 106 valence electrons. The van der Waals surface area contributed by atoms with Crippen LogP contribution in [0, 0.1) is 0 Å². The lowest BCUT2D eigenvalue weighted by molar-refractivity contribution is -0.141. The number of hydrogen-bond acceptors (Lipinski definition) is 6. The van der Waals surface area contributed by atoms with Gasteiger partial charge < -0.3 is 4.52 Å². The average molecular weight is 293 g/mol.